The summed E-state index contributed by atoms with van der Waals surface area (Å²) < 4.78 is 39.5. The first kappa shape index (κ1) is 16.3. The van der Waals surface area contributed by atoms with Gasteiger partial charge in [0.05, 0.1) is 0 Å². The van der Waals surface area contributed by atoms with Crippen LogP contribution in [0.5, 0.6) is 0 Å². The van der Waals surface area contributed by atoms with Crippen molar-refractivity contribution in [3.63, 3.8) is 0 Å². The average molecular weight is 285 g/mol. The van der Waals surface area contributed by atoms with E-state index in [0.717, 1.165) is 11.8 Å². The molecule has 0 heterocycles. The lowest BCUT2D eigenvalue weighted by Gasteiger charge is -2.32. The second-order valence-corrected chi connectivity index (χ2v) is 4.85. The Morgan fingerprint density at radius 1 is 1.25 bits per heavy atom. The molecule has 0 radical (unpaired) electrons. The monoisotopic (exact) mass is 285 g/mol. The highest BCUT2D eigenvalue weighted by Crippen LogP contribution is 2.30. The van der Waals surface area contributed by atoms with Crippen LogP contribution in [-0.4, -0.2) is 23.0 Å². The molecule has 1 aromatic carbocycles. The van der Waals surface area contributed by atoms with Gasteiger partial charge in [-0.25, -0.2) is 0 Å². The fourth-order valence-corrected chi connectivity index (χ4v) is 1.95. The van der Waals surface area contributed by atoms with E-state index in [2.05, 4.69) is 6.58 Å². The van der Waals surface area contributed by atoms with E-state index >= 15 is 0 Å². The molecule has 2 nitrogen and oxygen atoms in total. The van der Waals surface area contributed by atoms with Gasteiger partial charge in [0, 0.05) is 13.5 Å². The van der Waals surface area contributed by atoms with E-state index in [-0.39, 0.29) is 13.0 Å². The lowest BCUT2D eigenvalue weighted by Crippen LogP contribution is -2.47. The van der Waals surface area contributed by atoms with E-state index in [1.165, 1.54) is 6.92 Å². The van der Waals surface area contributed by atoms with Gasteiger partial charge in [0.25, 0.3) is 0 Å². The second-order valence-electron chi connectivity index (χ2n) is 4.85. The van der Waals surface area contributed by atoms with E-state index in [0.29, 0.717) is 11.1 Å². The molecule has 0 aromatic heterocycles. The molecule has 0 spiro atoms. The molecule has 0 aliphatic rings. The first-order valence-electron chi connectivity index (χ1n) is 6.24. The summed E-state index contributed by atoms with van der Waals surface area (Å²) in [6.07, 6.45) is -4.75. The van der Waals surface area contributed by atoms with Gasteiger partial charge in [-0.05, 0) is 18.9 Å². The number of nitrogens with zero attached hydrogens (tertiary/aromatic N) is 1. The zero-order valence-corrected chi connectivity index (χ0v) is 11.6. The topological polar surface area (TPSA) is 20.3 Å². The third-order valence-corrected chi connectivity index (χ3v) is 2.90. The summed E-state index contributed by atoms with van der Waals surface area (Å²) in [6, 6.07) is 6.80. The van der Waals surface area contributed by atoms with E-state index in [1.54, 1.807) is 30.3 Å². The number of rotatable bonds is 5. The van der Waals surface area contributed by atoms with Crippen molar-refractivity contribution in [1.82, 2.24) is 4.90 Å². The fraction of sp³-hybridized carbons (Fsp3) is 0.400. The van der Waals surface area contributed by atoms with Crippen molar-refractivity contribution in [2.45, 2.75) is 39.0 Å². The molecule has 1 rings (SSSR count). The van der Waals surface area contributed by atoms with Crippen molar-refractivity contribution in [2.75, 3.05) is 0 Å². The molecule has 0 saturated heterocycles. The molecule has 1 unspecified atom stereocenters. The third-order valence-electron chi connectivity index (χ3n) is 2.90. The van der Waals surface area contributed by atoms with Gasteiger partial charge in [-0.3, -0.25) is 4.79 Å². The summed E-state index contributed by atoms with van der Waals surface area (Å²) in [5.41, 5.74) is 1.06. The molecule has 0 aliphatic heterocycles. The number of amides is 1. The quantitative estimate of drug-likeness (QED) is 0.751. The van der Waals surface area contributed by atoms with Crippen molar-refractivity contribution in [3.8, 4) is 0 Å². The number of carbonyl (C=O) groups is 1. The molecule has 5 heteroatoms. The normalized spacial score (nSPS) is 12.8. The Kier molecular flexibility index (Phi) is 5.36. The highest BCUT2D eigenvalue weighted by Gasteiger charge is 2.44. The average Bonchev–Trinajstić information content (AvgIpc) is 2.33. The Balaban J connectivity index is 3.02. The summed E-state index contributed by atoms with van der Waals surface area (Å²) in [4.78, 5) is 12.5. The summed E-state index contributed by atoms with van der Waals surface area (Å²) >= 11 is 0. The summed E-state index contributed by atoms with van der Waals surface area (Å²) in [7, 11) is 0. The van der Waals surface area contributed by atoms with Crippen LogP contribution in [0.25, 0.3) is 0 Å². The van der Waals surface area contributed by atoms with Gasteiger partial charge >= 0.3 is 6.18 Å². The van der Waals surface area contributed by atoms with Crippen LogP contribution in [-0.2, 0) is 11.3 Å². The third kappa shape index (κ3) is 4.72. The van der Waals surface area contributed by atoms with Crippen LogP contribution in [0, 0.1) is 0 Å². The van der Waals surface area contributed by atoms with E-state index < -0.39 is 18.1 Å². The SMILES string of the molecule is C=C(C)CC(N(Cc1ccccc1)C(C)=O)C(F)(F)F. The second kappa shape index (κ2) is 6.59. The minimum Gasteiger partial charge on any atom is -0.326 e. The van der Waals surface area contributed by atoms with E-state index in [1.807, 2.05) is 0 Å². The lowest BCUT2D eigenvalue weighted by molar-refractivity contribution is -0.190. The maximum absolute atomic E-state index is 13.2. The largest absolute Gasteiger partial charge is 0.409 e. The predicted octanol–water partition coefficient (Wildman–Crippen LogP) is 3.93. The predicted molar refractivity (Wildman–Crippen MR) is 71.9 cm³/mol. The van der Waals surface area contributed by atoms with Crippen LogP contribution in [0.3, 0.4) is 0 Å². The van der Waals surface area contributed by atoms with Crippen LogP contribution in [0.4, 0.5) is 13.2 Å². The van der Waals surface area contributed by atoms with Gasteiger partial charge in [0.15, 0.2) is 0 Å². The van der Waals surface area contributed by atoms with Gasteiger partial charge in [-0.2, -0.15) is 13.2 Å². The maximum atomic E-state index is 13.2. The summed E-state index contributed by atoms with van der Waals surface area (Å²) in [5.74, 6) is -0.600. The number of alkyl halides is 3. The Morgan fingerprint density at radius 3 is 2.20 bits per heavy atom. The van der Waals surface area contributed by atoms with Gasteiger partial charge in [0.2, 0.25) is 5.91 Å². The lowest BCUT2D eigenvalue weighted by atomic mass is 10.1. The van der Waals surface area contributed by atoms with Crippen molar-refractivity contribution < 1.29 is 18.0 Å². The standard InChI is InChI=1S/C15H18F3NO/c1-11(2)9-14(15(16,17)18)19(12(3)20)10-13-7-5-4-6-8-13/h4-8,14H,1,9-10H2,2-3H3. The first-order chi connectivity index (χ1) is 9.21. The van der Waals surface area contributed by atoms with Crippen molar-refractivity contribution in [2.24, 2.45) is 0 Å². The molecule has 20 heavy (non-hydrogen) atoms. The van der Waals surface area contributed by atoms with Crippen molar-refractivity contribution in [3.05, 3.63) is 48.0 Å². The number of benzene rings is 1. The molecule has 110 valence electrons. The van der Waals surface area contributed by atoms with E-state index in [9.17, 15) is 18.0 Å². The molecule has 0 bridgehead atoms. The number of halogens is 3. The van der Waals surface area contributed by atoms with Crippen LogP contribution in [0.15, 0.2) is 42.5 Å². The summed E-state index contributed by atoms with van der Waals surface area (Å²) in [6.45, 7) is 6.14. The zero-order chi connectivity index (χ0) is 15.3. The number of carbonyl (C=O) groups excluding carboxylic acids is 1. The summed E-state index contributed by atoms with van der Waals surface area (Å²) in [5, 5.41) is 0. The van der Waals surface area contributed by atoms with Gasteiger partial charge in [-0.1, -0.05) is 35.9 Å². The van der Waals surface area contributed by atoms with Crippen molar-refractivity contribution in [1.29, 1.82) is 0 Å². The fourth-order valence-electron chi connectivity index (χ4n) is 1.95. The molecule has 0 N–H and O–H groups in total. The smallest absolute Gasteiger partial charge is 0.326 e. The number of hydrogen-bond acceptors (Lipinski definition) is 1. The molecule has 1 atom stereocenters. The minimum atomic E-state index is -4.47. The Hall–Kier alpha value is -1.78. The van der Waals surface area contributed by atoms with Crippen LogP contribution >= 0.6 is 0 Å². The van der Waals surface area contributed by atoms with Crippen LogP contribution in [0.2, 0.25) is 0 Å². The Bertz CT molecular complexity index is 468. The van der Waals surface area contributed by atoms with Gasteiger partial charge in [0.1, 0.15) is 6.04 Å². The Labute approximate surface area is 116 Å². The van der Waals surface area contributed by atoms with E-state index in [4.69, 9.17) is 0 Å². The van der Waals surface area contributed by atoms with Gasteiger partial charge < -0.3 is 4.90 Å². The number of hydrogen-bond donors (Lipinski definition) is 0. The molecular weight excluding hydrogens is 267 g/mol. The molecule has 0 saturated carbocycles. The molecule has 0 fully saturated rings. The van der Waals surface area contributed by atoms with Gasteiger partial charge in [-0.15, -0.1) is 6.58 Å². The maximum Gasteiger partial charge on any atom is 0.409 e. The molecule has 1 amide bonds. The molecule has 1 aromatic rings. The van der Waals surface area contributed by atoms with Crippen LogP contribution < -0.4 is 0 Å². The highest BCUT2D eigenvalue weighted by atomic mass is 19.4. The van der Waals surface area contributed by atoms with Crippen molar-refractivity contribution >= 4 is 5.91 Å². The molecular formula is C15H18F3NO. The zero-order valence-electron chi connectivity index (χ0n) is 11.6. The Morgan fingerprint density at radius 2 is 1.80 bits per heavy atom. The first-order valence-corrected chi connectivity index (χ1v) is 6.24. The minimum absolute atomic E-state index is 0.0619. The highest BCUT2D eigenvalue weighted by molar-refractivity contribution is 5.73. The molecule has 0 aliphatic carbocycles. The van der Waals surface area contributed by atoms with Crippen LogP contribution in [0.1, 0.15) is 25.8 Å².